The predicted molar refractivity (Wildman–Crippen MR) is 114 cm³/mol. The minimum absolute atomic E-state index is 0.0398. The van der Waals surface area contributed by atoms with E-state index in [4.69, 9.17) is 12.2 Å². The maximum absolute atomic E-state index is 12.3. The van der Waals surface area contributed by atoms with Gasteiger partial charge in [-0.3, -0.25) is 14.9 Å². The Bertz CT molecular complexity index is 812. The highest BCUT2D eigenvalue weighted by Gasteiger charge is 2.10. The Morgan fingerprint density at radius 3 is 1.81 bits per heavy atom. The third-order valence-electron chi connectivity index (χ3n) is 4.00. The maximum atomic E-state index is 12.3. The molecule has 5 nitrogen and oxygen atoms in total. The van der Waals surface area contributed by atoms with Gasteiger partial charge in [-0.05, 0) is 60.1 Å². The summed E-state index contributed by atoms with van der Waals surface area (Å²) in [4.78, 5) is 24.0. The van der Waals surface area contributed by atoms with Crippen LogP contribution in [-0.4, -0.2) is 16.9 Å². The Morgan fingerprint density at radius 2 is 1.33 bits per heavy atom. The smallest absolute Gasteiger partial charge is 0.257 e. The lowest BCUT2D eigenvalue weighted by Gasteiger charge is -2.12. The summed E-state index contributed by atoms with van der Waals surface area (Å²) in [6, 6.07) is 14.6. The largest absolute Gasteiger partial charge is 0.332 e. The molecule has 0 atom stereocenters. The van der Waals surface area contributed by atoms with Crippen molar-refractivity contribution in [3.63, 3.8) is 0 Å². The van der Waals surface area contributed by atoms with Crippen molar-refractivity contribution in [2.75, 3.05) is 10.6 Å². The molecule has 0 unspecified atom stereocenters. The minimum Gasteiger partial charge on any atom is -0.332 e. The summed E-state index contributed by atoms with van der Waals surface area (Å²) < 4.78 is 0. The SMILES string of the molecule is CC(C)C(=O)Nc1ccc(NC(=S)NC(=O)c2ccc(C(C)C)cc2)cc1. The number of carbonyl (C=O) groups is 2. The number of nitrogens with one attached hydrogen (secondary N) is 3. The first-order valence-corrected chi connectivity index (χ1v) is 9.30. The van der Waals surface area contributed by atoms with E-state index in [9.17, 15) is 9.59 Å². The van der Waals surface area contributed by atoms with E-state index in [1.165, 1.54) is 5.56 Å². The lowest BCUT2D eigenvalue weighted by Crippen LogP contribution is -2.34. The molecule has 2 amide bonds. The summed E-state index contributed by atoms with van der Waals surface area (Å²) in [7, 11) is 0. The van der Waals surface area contributed by atoms with Crippen molar-refractivity contribution in [2.45, 2.75) is 33.6 Å². The Labute approximate surface area is 165 Å². The van der Waals surface area contributed by atoms with Gasteiger partial charge >= 0.3 is 0 Å². The van der Waals surface area contributed by atoms with E-state index in [1.807, 2.05) is 26.0 Å². The van der Waals surface area contributed by atoms with Crippen LogP contribution < -0.4 is 16.0 Å². The molecule has 0 bridgehead atoms. The van der Waals surface area contributed by atoms with E-state index >= 15 is 0 Å². The van der Waals surface area contributed by atoms with Gasteiger partial charge in [0.25, 0.3) is 5.91 Å². The molecule has 2 rings (SSSR count). The second-order valence-corrected chi connectivity index (χ2v) is 7.31. The molecule has 6 heteroatoms. The summed E-state index contributed by atoms with van der Waals surface area (Å²) in [6.45, 7) is 7.88. The van der Waals surface area contributed by atoms with Crippen molar-refractivity contribution in [2.24, 2.45) is 5.92 Å². The van der Waals surface area contributed by atoms with Gasteiger partial charge in [0, 0.05) is 22.9 Å². The maximum Gasteiger partial charge on any atom is 0.257 e. The number of benzene rings is 2. The molecule has 0 fully saturated rings. The molecule has 0 saturated carbocycles. The van der Waals surface area contributed by atoms with E-state index in [2.05, 4.69) is 29.8 Å². The second-order valence-electron chi connectivity index (χ2n) is 6.91. The van der Waals surface area contributed by atoms with Gasteiger partial charge in [0.05, 0.1) is 0 Å². The molecule has 0 aromatic heterocycles. The summed E-state index contributed by atoms with van der Waals surface area (Å²) in [6.07, 6.45) is 0. The summed E-state index contributed by atoms with van der Waals surface area (Å²) >= 11 is 5.20. The lowest BCUT2D eigenvalue weighted by molar-refractivity contribution is -0.118. The van der Waals surface area contributed by atoms with E-state index in [-0.39, 0.29) is 22.8 Å². The zero-order valence-corrected chi connectivity index (χ0v) is 16.8. The number of thiocarbonyl (C=S) groups is 1. The van der Waals surface area contributed by atoms with Gasteiger partial charge in [-0.2, -0.15) is 0 Å². The molecule has 27 heavy (non-hydrogen) atoms. The normalized spacial score (nSPS) is 10.6. The fourth-order valence-electron chi connectivity index (χ4n) is 2.28. The monoisotopic (exact) mass is 383 g/mol. The Hall–Kier alpha value is -2.73. The standard InChI is InChI=1S/C21H25N3O2S/c1-13(2)15-5-7-16(8-6-15)20(26)24-21(27)23-18-11-9-17(10-12-18)22-19(25)14(3)4/h5-14H,1-4H3,(H,22,25)(H2,23,24,26,27). The number of rotatable bonds is 5. The molecule has 0 radical (unpaired) electrons. The molecule has 0 aliphatic rings. The van der Waals surface area contributed by atoms with Gasteiger partial charge in [0.15, 0.2) is 5.11 Å². The number of hydrogen-bond donors (Lipinski definition) is 3. The lowest BCUT2D eigenvalue weighted by atomic mass is 10.0. The molecule has 0 heterocycles. The van der Waals surface area contributed by atoms with Crippen molar-refractivity contribution in [3.05, 3.63) is 59.7 Å². The first kappa shape index (κ1) is 20.6. The van der Waals surface area contributed by atoms with Crippen LogP contribution in [0.2, 0.25) is 0 Å². The first-order valence-electron chi connectivity index (χ1n) is 8.89. The zero-order valence-electron chi connectivity index (χ0n) is 16.0. The van der Waals surface area contributed by atoms with Crippen LogP contribution in [0.5, 0.6) is 0 Å². The molecular formula is C21H25N3O2S. The van der Waals surface area contributed by atoms with E-state index in [1.54, 1.807) is 36.4 Å². The highest BCUT2D eigenvalue weighted by Crippen LogP contribution is 2.16. The Morgan fingerprint density at radius 1 is 0.815 bits per heavy atom. The van der Waals surface area contributed by atoms with Crippen LogP contribution in [0, 0.1) is 5.92 Å². The average Bonchev–Trinajstić information content (AvgIpc) is 2.63. The van der Waals surface area contributed by atoms with Crippen LogP contribution in [0.3, 0.4) is 0 Å². The van der Waals surface area contributed by atoms with Crippen LogP contribution in [0.4, 0.5) is 11.4 Å². The second kappa shape index (κ2) is 9.28. The highest BCUT2D eigenvalue weighted by molar-refractivity contribution is 7.80. The number of anilines is 2. The van der Waals surface area contributed by atoms with Gasteiger partial charge < -0.3 is 10.6 Å². The molecule has 0 saturated heterocycles. The van der Waals surface area contributed by atoms with Crippen molar-refractivity contribution in [3.8, 4) is 0 Å². The Kier molecular flexibility index (Phi) is 7.07. The van der Waals surface area contributed by atoms with Crippen molar-refractivity contribution in [1.82, 2.24) is 5.32 Å². The van der Waals surface area contributed by atoms with Crippen LogP contribution in [0.25, 0.3) is 0 Å². The Balaban J connectivity index is 1.91. The molecule has 2 aromatic carbocycles. The fraction of sp³-hybridized carbons (Fsp3) is 0.286. The summed E-state index contributed by atoms with van der Waals surface area (Å²) in [5.41, 5.74) is 3.16. The molecule has 0 spiro atoms. The van der Waals surface area contributed by atoms with Crippen molar-refractivity contribution >= 4 is 40.5 Å². The first-order chi connectivity index (χ1) is 12.8. The van der Waals surface area contributed by atoms with Crippen LogP contribution in [-0.2, 0) is 4.79 Å². The molecular weight excluding hydrogens is 358 g/mol. The van der Waals surface area contributed by atoms with Crippen LogP contribution >= 0.6 is 12.2 Å². The van der Waals surface area contributed by atoms with Gasteiger partial charge in [0.1, 0.15) is 0 Å². The average molecular weight is 384 g/mol. The zero-order chi connectivity index (χ0) is 20.0. The van der Waals surface area contributed by atoms with Gasteiger partial charge in [-0.1, -0.05) is 39.8 Å². The predicted octanol–water partition coefficient (Wildman–Crippen LogP) is 4.53. The van der Waals surface area contributed by atoms with Gasteiger partial charge in [-0.15, -0.1) is 0 Å². The van der Waals surface area contributed by atoms with E-state index < -0.39 is 0 Å². The van der Waals surface area contributed by atoms with E-state index in [0.29, 0.717) is 17.2 Å². The summed E-state index contributed by atoms with van der Waals surface area (Å²) in [5, 5.41) is 8.66. The minimum atomic E-state index is -0.261. The van der Waals surface area contributed by atoms with Crippen molar-refractivity contribution < 1.29 is 9.59 Å². The molecule has 0 aliphatic carbocycles. The van der Waals surface area contributed by atoms with E-state index in [0.717, 1.165) is 5.69 Å². The number of carbonyl (C=O) groups excluding carboxylic acids is 2. The topological polar surface area (TPSA) is 70.2 Å². The third kappa shape index (κ3) is 6.18. The highest BCUT2D eigenvalue weighted by atomic mass is 32.1. The molecule has 0 aliphatic heterocycles. The third-order valence-corrected chi connectivity index (χ3v) is 4.21. The van der Waals surface area contributed by atoms with Gasteiger partial charge in [0.2, 0.25) is 5.91 Å². The fourth-order valence-corrected chi connectivity index (χ4v) is 2.49. The molecule has 3 N–H and O–H groups in total. The van der Waals surface area contributed by atoms with Crippen molar-refractivity contribution in [1.29, 1.82) is 0 Å². The van der Waals surface area contributed by atoms with Gasteiger partial charge in [-0.25, -0.2) is 0 Å². The molecule has 2 aromatic rings. The van der Waals surface area contributed by atoms with Crippen LogP contribution in [0.1, 0.15) is 49.5 Å². The number of hydrogen-bond acceptors (Lipinski definition) is 3. The van der Waals surface area contributed by atoms with Crippen LogP contribution in [0.15, 0.2) is 48.5 Å². The summed E-state index contributed by atoms with van der Waals surface area (Å²) in [5.74, 6) is 0.0314. The molecule has 142 valence electrons. The quantitative estimate of drug-likeness (QED) is 0.664. The number of amides is 2.